The van der Waals surface area contributed by atoms with Crippen LogP contribution in [0.25, 0.3) is 32.2 Å². The van der Waals surface area contributed by atoms with Crippen LogP contribution < -0.4 is 5.73 Å². The molecular formula is C20H16N2O4S. The number of fused-ring (bicyclic) bond motifs is 2. The number of aromatic nitrogens is 1. The van der Waals surface area contributed by atoms with E-state index in [4.69, 9.17) is 10.5 Å². The minimum Gasteiger partial charge on any atom is -0.507 e. The van der Waals surface area contributed by atoms with Crippen molar-refractivity contribution in [2.45, 2.75) is 6.92 Å². The number of hydrogen-bond donors (Lipinski definition) is 3. The zero-order chi connectivity index (χ0) is 19.1. The van der Waals surface area contributed by atoms with Crippen LogP contribution >= 0.6 is 11.3 Å². The molecular weight excluding hydrogens is 364 g/mol. The van der Waals surface area contributed by atoms with Crippen molar-refractivity contribution in [2.24, 2.45) is 5.73 Å². The van der Waals surface area contributed by atoms with Gasteiger partial charge in [-0.2, -0.15) is 0 Å². The first-order chi connectivity index (χ1) is 13.0. The Bertz CT molecular complexity index is 1210. The Labute approximate surface area is 158 Å². The molecule has 4 N–H and O–H groups in total. The van der Waals surface area contributed by atoms with Crippen molar-refractivity contribution in [1.29, 1.82) is 0 Å². The van der Waals surface area contributed by atoms with Crippen LogP contribution in [0.1, 0.15) is 27.0 Å². The van der Waals surface area contributed by atoms with Gasteiger partial charge in [0.05, 0.1) is 6.61 Å². The van der Waals surface area contributed by atoms with E-state index in [0.717, 1.165) is 15.6 Å². The van der Waals surface area contributed by atoms with Crippen molar-refractivity contribution in [1.82, 2.24) is 4.98 Å². The molecule has 7 heteroatoms. The van der Waals surface area contributed by atoms with Gasteiger partial charge in [0.15, 0.2) is 0 Å². The number of aromatic amines is 1. The van der Waals surface area contributed by atoms with Gasteiger partial charge in [0.2, 0.25) is 5.91 Å². The number of H-pyrrole nitrogens is 1. The Hall–Kier alpha value is -3.32. The lowest BCUT2D eigenvalue weighted by Crippen LogP contribution is -2.10. The lowest BCUT2D eigenvalue weighted by atomic mass is 10.1. The molecule has 2 aromatic heterocycles. The van der Waals surface area contributed by atoms with Crippen LogP contribution in [-0.4, -0.2) is 28.6 Å². The zero-order valence-corrected chi connectivity index (χ0v) is 15.2. The molecule has 0 aliphatic carbocycles. The van der Waals surface area contributed by atoms with E-state index < -0.39 is 11.9 Å². The first-order valence-electron chi connectivity index (χ1n) is 8.34. The average Bonchev–Trinajstić information content (AvgIpc) is 3.22. The summed E-state index contributed by atoms with van der Waals surface area (Å²) >= 11 is 1.27. The van der Waals surface area contributed by atoms with E-state index in [-0.39, 0.29) is 12.4 Å². The maximum Gasteiger partial charge on any atom is 0.349 e. The number of nitrogens with one attached hydrogen (secondary N) is 1. The molecule has 0 saturated heterocycles. The summed E-state index contributed by atoms with van der Waals surface area (Å²) in [5.74, 6) is -0.860. The molecule has 2 aromatic carbocycles. The Morgan fingerprint density at radius 1 is 1.22 bits per heavy atom. The second-order valence-corrected chi connectivity index (χ2v) is 7.08. The summed E-state index contributed by atoms with van der Waals surface area (Å²) in [5.41, 5.74) is 7.79. The van der Waals surface area contributed by atoms with Crippen LogP contribution in [0.5, 0.6) is 5.75 Å². The van der Waals surface area contributed by atoms with Crippen molar-refractivity contribution in [3.63, 3.8) is 0 Å². The fourth-order valence-electron chi connectivity index (χ4n) is 3.15. The predicted octanol–water partition coefficient (Wildman–Crippen LogP) is 4.03. The molecule has 2 heterocycles. The summed E-state index contributed by atoms with van der Waals surface area (Å²) in [5, 5.41) is 11.8. The maximum absolute atomic E-state index is 12.5. The summed E-state index contributed by atoms with van der Waals surface area (Å²) in [6, 6.07) is 12.1. The molecule has 6 nitrogen and oxygen atoms in total. The Morgan fingerprint density at radius 3 is 2.78 bits per heavy atom. The van der Waals surface area contributed by atoms with E-state index in [1.54, 1.807) is 37.3 Å². The van der Waals surface area contributed by atoms with E-state index in [1.165, 1.54) is 11.3 Å². The number of nitrogens with two attached hydrogens (primary N) is 1. The van der Waals surface area contributed by atoms with E-state index >= 15 is 0 Å². The van der Waals surface area contributed by atoms with Gasteiger partial charge in [0.25, 0.3) is 0 Å². The number of thiophene rings is 1. The summed E-state index contributed by atoms with van der Waals surface area (Å²) in [7, 11) is 0. The van der Waals surface area contributed by atoms with Crippen LogP contribution in [0.2, 0.25) is 0 Å². The van der Waals surface area contributed by atoms with Gasteiger partial charge in [-0.05, 0) is 43.3 Å². The standard InChI is InChI=1S/C20H16N2O4S/c1-2-26-20(25)18-16(17-14(23)4-3-5-15(17)27-18)13-9-11-8-10(19(21)24)6-7-12(11)22-13/h3-9,22-23H,2H2,1H3,(H2,21,24). The van der Waals surface area contributed by atoms with Gasteiger partial charge in [-0.1, -0.05) is 6.07 Å². The van der Waals surface area contributed by atoms with Crippen LogP contribution in [0.4, 0.5) is 0 Å². The molecule has 136 valence electrons. The molecule has 4 aromatic rings. The van der Waals surface area contributed by atoms with Crippen molar-refractivity contribution < 1.29 is 19.4 Å². The Kier molecular flexibility index (Phi) is 4.08. The van der Waals surface area contributed by atoms with Crippen LogP contribution in [0.15, 0.2) is 42.5 Å². The van der Waals surface area contributed by atoms with Crippen LogP contribution in [0, 0.1) is 0 Å². The Balaban J connectivity index is 1.99. The molecule has 0 radical (unpaired) electrons. The number of phenols is 1. The lowest BCUT2D eigenvalue weighted by Gasteiger charge is -2.04. The smallest absolute Gasteiger partial charge is 0.349 e. The number of carbonyl (C=O) groups excluding carboxylic acids is 2. The zero-order valence-electron chi connectivity index (χ0n) is 14.4. The highest BCUT2D eigenvalue weighted by atomic mass is 32.1. The SMILES string of the molecule is CCOC(=O)c1sc2cccc(O)c2c1-c1cc2cc(C(N)=O)ccc2[nH]1. The normalized spacial score (nSPS) is 11.1. The van der Waals surface area contributed by atoms with Gasteiger partial charge in [-0.25, -0.2) is 4.79 Å². The lowest BCUT2D eigenvalue weighted by molar-refractivity contribution is 0.0533. The largest absolute Gasteiger partial charge is 0.507 e. The highest BCUT2D eigenvalue weighted by molar-refractivity contribution is 7.21. The third kappa shape index (κ3) is 2.82. The van der Waals surface area contributed by atoms with Crippen molar-refractivity contribution in [2.75, 3.05) is 6.61 Å². The third-order valence-electron chi connectivity index (χ3n) is 4.33. The highest BCUT2D eigenvalue weighted by Crippen LogP contribution is 2.43. The summed E-state index contributed by atoms with van der Waals surface area (Å²) in [4.78, 5) is 27.6. The number of benzene rings is 2. The molecule has 0 unspecified atom stereocenters. The van der Waals surface area contributed by atoms with E-state index in [2.05, 4.69) is 4.98 Å². The van der Waals surface area contributed by atoms with Gasteiger partial charge < -0.3 is 20.6 Å². The van der Waals surface area contributed by atoms with Crippen molar-refractivity contribution in [3.8, 4) is 17.0 Å². The van der Waals surface area contributed by atoms with E-state index in [1.807, 2.05) is 12.1 Å². The molecule has 0 saturated carbocycles. The van der Waals surface area contributed by atoms with Crippen LogP contribution in [0.3, 0.4) is 0 Å². The number of rotatable bonds is 4. The molecule has 0 bridgehead atoms. The summed E-state index contributed by atoms with van der Waals surface area (Å²) in [6.45, 7) is 2.00. The molecule has 1 amide bonds. The Morgan fingerprint density at radius 2 is 2.04 bits per heavy atom. The van der Waals surface area contributed by atoms with Crippen LogP contribution in [-0.2, 0) is 4.74 Å². The van der Waals surface area contributed by atoms with Crippen molar-refractivity contribution >= 4 is 44.2 Å². The average molecular weight is 380 g/mol. The minimum absolute atomic E-state index is 0.0887. The van der Waals surface area contributed by atoms with Gasteiger partial charge >= 0.3 is 5.97 Å². The summed E-state index contributed by atoms with van der Waals surface area (Å²) in [6.07, 6.45) is 0. The van der Waals surface area contributed by atoms with Gasteiger partial charge in [0, 0.05) is 37.8 Å². The number of hydrogen-bond acceptors (Lipinski definition) is 5. The highest BCUT2D eigenvalue weighted by Gasteiger charge is 2.24. The van der Waals surface area contributed by atoms with Crippen molar-refractivity contribution in [3.05, 3.63) is 52.9 Å². The van der Waals surface area contributed by atoms with Gasteiger partial charge in [-0.15, -0.1) is 11.3 Å². The minimum atomic E-state index is -0.509. The fourth-order valence-corrected chi connectivity index (χ4v) is 4.28. The number of primary amides is 1. The van der Waals surface area contributed by atoms with Gasteiger partial charge in [-0.3, -0.25) is 4.79 Å². The number of ether oxygens (including phenoxy) is 1. The number of esters is 1. The molecule has 27 heavy (non-hydrogen) atoms. The third-order valence-corrected chi connectivity index (χ3v) is 5.46. The van der Waals surface area contributed by atoms with Gasteiger partial charge in [0.1, 0.15) is 10.6 Å². The number of amides is 1. The maximum atomic E-state index is 12.5. The number of aromatic hydroxyl groups is 1. The first-order valence-corrected chi connectivity index (χ1v) is 9.15. The molecule has 4 rings (SSSR count). The predicted molar refractivity (Wildman–Crippen MR) is 105 cm³/mol. The first kappa shape index (κ1) is 17.1. The van der Waals surface area contributed by atoms with E-state index in [0.29, 0.717) is 27.1 Å². The molecule has 0 fully saturated rings. The topological polar surface area (TPSA) is 105 Å². The quantitative estimate of drug-likeness (QED) is 0.465. The molecule has 0 atom stereocenters. The second kappa shape index (κ2) is 6.44. The monoisotopic (exact) mass is 380 g/mol. The number of phenolic OH excluding ortho intramolecular Hbond substituents is 1. The molecule has 0 aliphatic heterocycles. The molecule has 0 aliphatic rings. The second-order valence-electron chi connectivity index (χ2n) is 6.03. The fraction of sp³-hybridized carbons (Fsp3) is 0.100. The number of carbonyl (C=O) groups is 2. The molecule has 0 spiro atoms. The summed E-state index contributed by atoms with van der Waals surface area (Å²) < 4.78 is 5.98. The van der Waals surface area contributed by atoms with E-state index in [9.17, 15) is 14.7 Å².